The van der Waals surface area contributed by atoms with Crippen LogP contribution in [-0.2, 0) is 11.2 Å². The summed E-state index contributed by atoms with van der Waals surface area (Å²) >= 11 is 5.73. The van der Waals surface area contributed by atoms with E-state index in [0.717, 1.165) is 44.4 Å². The summed E-state index contributed by atoms with van der Waals surface area (Å²) in [5, 5.41) is 3.54. The summed E-state index contributed by atoms with van der Waals surface area (Å²) in [5.74, 6) is 1.49. The number of aryl methyl sites for hydroxylation is 1. The Hall–Kier alpha value is -0.730. The molecule has 0 amide bonds. The van der Waals surface area contributed by atoms with Gasteiger partial charge >= 0.3 is 0 Å². The fraction of sp³-hybridized carbons (Fsp3) is 0.600. The first kappa shape index (κ1) is 13.7. The van der Waals surface area contributed by atoms with Gasteiger partial charge in [0.25, 0.3) is 0 Å². The van der Waals surface area contributed by atoms with Gasteiger partial charge in [0.1, 0.15) is 0 Å². The van der Waals surface area contributed by atoms with Crippen LogP contribution in [-0.4, -0.2) is 25.6 Å². The maximum Gasteiger partial charge on any atom is 0.0469 e. The second-order valence-electron chi connectivity index (χ2n) is 4.93. The first-order chi connectivity index (χ1) is 8.88. The molecule has 18 heavy (non-hydrogen) atoms. The maximum atomic E-state index is 5.73. The Morgan fingerprint density at radius 1 is 1.28 bits per heavy atom. The molecule has 1 fully saturated rings. The van der Waals surface area contributed by atoms with Gasteiger partial charge in [-0.15, -0.1) is 11.6 Å². The molecule has 0 atom stereocenters. The Morgan fingerprint density at radius 3 is 2.89 bits per heavy atom. The summed E-state index contributed by atoms with van der Waals surface area (Å²) in [5.41, 5.74) is 2.60. The van der Waals surface area contributed by atoms with Crippen molar-refractivity contribution >= 4 is 17.3 Å². The number of rotatable bonds is 6. The van der Waals surface area contributed by atoms with Gasteiger partial charge in [0.05, 0.1) is 0 Å². The Kier molecular flexibility index (Phi) is 5.82. The normalized spacial score (nSPS) is 16.7. The van der Waals surface area contributed by atoms with Crippen LogP contribution in [0.5, 0.6) is 0 Å². The molecule has 0 bridgehead atoms. The van der Waals surface area contributed by atoms with Gasteiger partial charge in [-0.05, 0) is 49.3 Å². The van der Waals surface area contributed by atoms with Crippen LogP contribution in [0.25, 0.3) is 0 Å². The van der Waals surface area contributed by atoms with E-state index in [1.54, 1.807) is 0 Å². The van der Waals surface area contributed by atoms with Crippen LogP contribution >= 0.6 is 11.6 Å². The standard InChI is InChI=1S/C15H22ClNO/c16-8-2-4-13-3-1-5-15(11-13)17-12-14-6-9-18-10-7-14/h1,3,5,11,14,17H,2,4,6-10,12H2. The fourth-order valence-electron chi connectivity index (χ4n) is 2.32. The van der Waals surface area contributed by atoms with Crippen LogP contribution < -0.4 is 5.32 Å². The molecule has 3 heteroatoms. The van der Waals surface area contributed by atoms with Crippen molar-refractivity contribution in [1.82, 2.24) is 0 Å². The van der Waals surface area contributed by atoms with Gasteiger partial charge in [-0.2, -0.15) is 0 Å². The quantitative estimate of drug-likeness (QED) is 0.794. The van der Waals surface area contributed by atoms with Crippen molar-refractivity contribution in [3.63, 3.8) is 0 Å². The zero-order valence-corrected chi connectivity index (χ0v) is 11.6. The smallest absolute Gasteiger partial charge is 0.0469 e. The summed E-state index contributed by atoms with van der Waals surface area (Å²) in [6.45, 7) is 2.90. The SMILES string of the molecule is ClCCCc1cccc(NCC2CCOCC2)c1. The van der Waals surface area contributed by atoms with E-state index in [-0.39, 0.29) is 0 Å². The topological polar surface area (TPSA) is 21.3 Å². The molecule has 1 aliphatic heterocycles. The van der Waals surface area contributed by atoms with E-state index in [1.165, 1.54) is 24.1 Å². The molecule has 0 aliphatic carbocycles. The van der Waals surface area contributed by atoms with Gasteiger partial charge in [0.15, 0.2) is 0 Å². The lowest BCUT2D eigenvalue weighted by molar-refractivity contribution is 0.0699. The predicted octanol–water partition coefficient (Wildman–Crippen LogP) is 3.70. The number of hydrogen-bond acceptors (Lipinski definition) is 2. The highest BCUT2D eigenvalue weighted by atomic mass is 35.5. The molecule has 1 aliphatic rings. The molecule has 1 heterocycles. The van der Waals surface area contributed by atoms with Gasteiger partial charge < -0.3 is 10.1 Å². The number of halogens is 1. The second kappa shape index (κ2) is 7.65. The maximum absolute atomic E-state index is 5.73. The third-order valence-electron chi connectivity index (χ3n) is 3.46. The van der Waals surface area contributed by atoms with Gasteiger partial charge in [-0.3, -0.25) is 0 Å². The predicted molar refractivity (Wildman–Crippen MR) is 77.5 cm³/mol. The molecular weight excluding hydrogens is 246 g/mol. The van der Waals surface area contributed by atoms with Crippen LogP contribution in [0.3, 0.4) is 0 Å². The molecule has 1 aromatic carbocycles. The third kappa shape index (κ3) is 4.51. The molecule has 2 nitrogen and oxygen atoms in total. The third-order valence-corrected chi connectivity index (χ3v) is 3.73. The lowest BCUT2D eigenvalue weighted by Crippen LogP contribution is -2.22. The van der Waals surface area contributed by atoms with E-state index in [2.05, 4.69) is 29.6 Å². The highest BCUT2D eigenvalue weighted by Gasteiger charge is 2.13. The number of nitrogens with one attached hydrogen (secondary N) is 1. The largest absolute Gasteiger partial charge is 0.385 e. The van der Waals surface area contributed by atoms with E-state index in [0.29, 0.717) is 0 Å². The van der Waals surface area contributed by atoms with Crippen molar-refractivity contribution < 1.29 is 4.74 Å². The Morgan fingerprint density at radius 2 is 2.11 bits per heavy atom. The number of anilines is 1. The molecular formula is C15H22ClNO. The van der Waals surface area contributed by atoms with Crippen molar-refractivity contribution in [1.29, 1.82) is 0 Å². The molecule has 2 rings (SSSR count). The van der Waals surface area contributed by atoms with Crippen molar-refractivity contribution in [3.05, 3.63) is 29.8 Å². The molecule has 1 aromatic rings. The first-order valence-corrected chi connectivity index (χ1v) is 7.38. The van der Waals surface area contributed by atoms with Crippen LogP contribution in [0.1, 0.15) is 24.8 Å². The molecule has 0 unspecified atom stereocenters. The fourth-order valence-corrected chi connectivity index (χ4v) is 2.45. The lowest BCUT2D eigenvalue weighted by atomic mass is 10.0. The van der Waals surface area contributed by atoms with Crippen molar-refractivity contribution in [3.8, 4) is 0 Å². The van der Waals surface area contributed by atoms with E-state index in [4.69, 9.17) is 16.3 Å². The lowest BCUT2D eigenvalue weighted by Gasteiger charge is -2.22. The summed E-state index contributed by atoms with van der Waals surface area (Å²) in [6.07, 6.45) is 4.47. The summed E-state index contributed by atoms with van der Waals surface area (Å²) in [4.78, 5) is 0. The van der Waals surface area contributed by atoms with Crippen molar-refractivity contribution in [2.75, 3.05) is 31.0 Å². The van der Waals surface area contributed by atoms with Gasteiger partial charge in [-0.1, -0.05) is 12.1 Å². The molecule has 1 saturated heterocycles. The Labute approximate surface area is 115 Å². The summed E-state index contributed by atoms with van der Waals surface area (Å²) in [7, 11) is 0. The average molecular weight is 268 g/mol. The van der Waals surface area contributed by atoms with Gasteiger partial charge in [0, 0.05) is 31.3 Å². The molecule has 0 saturated carbocycles. The zero-order chi connectivity index (χ0) is 12.6. The minimum atomic E-state index is 0.736. The number of ether oxygens (including phenoxy) is 1. The van der Waals surface area contributed by atoms with Crippen LogP contribution in [0.4, 0.5) is 5.69 Å². The molecule has 1 N–H and O–H groups in total. The average Bonchev–Trinajstić information content (AvgIpc) is 2.44. The number of benzene rings is 1. The summed E-state index contributed by atoms with van der Waals surface area (Å²) < 4.78 is 5.37. The zero-order valence-electron chi connectivity index (χ0n) is 10.8. The minimum Gasteiger partial charge on any atom is -0.385 e. The molecule has 0 spiro atoms. The van der Waals surface area contributed by atoms with Crippen molar-refractivity contribution in [2.45, 2.75) is 25.7 Å². The molecule has 100 valence electrons. The van der Waals surface area contributed by atoms with Gasteiger partial charge in [0.2, 0.25) is 0 Å². The monoisotopic (exact) mass is 267 g/mol. The van der Waals surface area contributed by atoms with Crippen molar-refractivity contribution in [2.24, 2.45) is 5.92 Å². The van der Waals surface area contributed by atoms with Crippen LogP contribution in [0.2, 0.25) is 0 Å². The van der Waals surface area contributed by atoms with E-state index >= 15 is 0 Å². The van der Waals surface area contributed by atoms with Crippen LogP contribution in [0, 0.1) is 5.92 Å². The minimum absolute atomic E-state index is 0.736. The second-order valence-corrected chi connectivity index (χ2v) is 5.31. The van der Waals surface area contributed by atoms with E-state index in [1.807, 2.05) is 0 Å². The van der Waals surface area contributed by atoms with Gasteiger partial charge in [-0.25, -0.2) is 0 Å². The highest BCUT2D eigenvalue weighted by molar-refractivity contribution is 6.17. The van der Waals surface area contributed by atoms with Crippen LogP contribution in [0.15, 0.2) is 24.3 Å². The number of hydrogen-bond donors (Lipinski definition) is 1. The molecule has 0 radical (unpaired) electrons. The molecule has 0 aromatic heterocycles. The highest BCUT2D eigenvalue weighted by Crippen LogP contribution is 2.17. The van der Waals surface area contributed by atoms with E-state index in [9.17, 15) is 0 Å². The summed E-state index contributed by atoms with van der Waals surface area (Å²) in [6, 6.07) is 8.68. The Bertz CT molecular complexity index is 350. The first-order valence-electron chi connectivity index (χ1n) is 6.85. The van der Waals surface area contributed by atoms with E-state index < -0.39 is 0 Å². The number of alkyl halides is 1. The Balaban J connectivity index is 1.80.